The fourth-order valence-electron chi connectivity index (χ4n) is 5.47. The minimum atomic E-state index is -0.793. The normalized spacial score (nSPS) is 15.2. The molecule has 47 heavy (non-hydrogen) atoms. The molecule has 0 amide bonds. The van der Waals surface area contributed by atoms with Crippen molar-refractivity contribution in [3.05, 3.63) is 102 Å². The Hall–Kier alpha value is -5.23. The topological polar surface area (TPSA) is 116 Å². The maximum atomic E-state index is 14.1. The van der Waals surface area contributed by atoms with Crippen LogP contribution in [0.3, 0.4) is 0 Å². The van der Waals surface area contributed by atoms with Crippen molar-refractivity contribution in [3.63, 3.8) is 0 Å². The predicted molar refractivity (Wildman–Crippen MR) is 174 cm³/mol. The third-order valence-electron chi connectivity index (χ3n) is 7.64. The smallest absolute Gasteiger partial charge is 0.338 e. The minimum absolute atomic E-state index is 0.178. The number of methoxy groups -OCH3 is 2. The largest absolute Gasteiger partial charge is 0.493 e. The summed E-state index contributed by atoms with van der Waals surface area (Å²) in [5.74, 6) is 2.94. The van der Waals surface area contributed by atoms with Gasteiger partial charge in [0.2, 0.25) is 6.79 Å². The van der Waals surface area contributed by atoms with Crippen LogP contribution in [0, 0.1) is 0 Å². The molecule has 0 unspecified atom stereocenters. The Labute approximate surface area is 274 Å². The van der Waals surface area contributed by atoms with Crippen LogP contribution in [0.2, 0.25) is 0 Å². The standard InChI is InChI=1S/C35H34N2O9S/c1-6-42-29-17-23(10-13-24(29)40-4)32-31(34(39)43-7-2)20(3)36-35-37(32)33(38)30(47-35)16-21-8-11-25(27(14-21)41-5)44-18-22-9-12-26-28(15-22)46-19-45-26/h8-17,32H,6-7,18-19H2,1-5H3/b30-16-/t32-/m0/s1. The van der Waals surface area contributed by atoms with Crippen LogP contribution in [0.4, 0.5) is 0 Å². The second-order valence-electron chi connectivity index (χ2n) is 10.5. The summed E-state index contributed by atoms with van der Waals surface area (Å²) in [7, 11) is 3.12. The zero-order valence-corrected chi connectivity index (χ0v) is 27.5. The van der Waals surface area contributed by atoms with Gasteiger partial charge in [-0.15, -0.1) is 0 Å². The number of aromatic nitrogens is 1. The molecule has 0 aliphatic carbocycles. The van der Waals surface area contributed by atoms with Gasteiger partial charge in [-0.2, -0.15) is 0 Å². The second-order valence-corrected chi connectivity index (χ2v) is 11.5. The van der Waals surface area contributed by atoms with E-state index in [9.17, 15) is 9.59 Å². The number of ether oxygens (including phenoxy) is 7. The lowest BCUT2D eigenvalue weighted by Crippen LogP contribution is -2.40. The number of carbonyl (C=O) groups excluding carboxylic acids is 1. The highest BCUT2D eigenvalue weighted by atomic mass is 32.1. The summed E-state index contributed by atoms with van der Waals surface area (Å²) in [6, 6.07) is 15.7. The monoisotopic (exact) mass is 658 g/mol. The number of thiazole rings is 1. The van der Waals surface area contributed by atoms with E-state index in [-0.39, 0.29) is 24.5 Å². The van der Waals surface area contributed by atoms with E-state index in [1.165, 1.54) is 15.9 Å². The number of esters is 1. The number of carbonyl (C=O) groups is 1. The molecule has 4 aromatic rings. The summed E-state index contributed by atoms with van der Waals surface area (Å²) in [6.45, 7) is 6.44. The molecule has 0 spiro atoms. The first-order valence-electron chi connectivity index (χ1n) is 15.0. The van der Waals surface area contributed by atoms with Gasteiger partial charge in [0, 0.05) is 0 Å². The number of allylic oxidation sites excluding steroid dienone is 1. The quantitative estimate of drug-likeness (QED) is 0.215. The van der Waals surface area contributed by atoms with Crippen molar-refractivity contribution in [1.29, 1.82) is 0 Å². The summed E-state index contributed by atoms with van der Waals surface area (Å²) in [5.41, 5.74) is 2.75. The van der Waals surface area contributed by atoms with Crippen LogP contribution in [0.5, 0.6) is 34.5 Å². The molecule has 2 aliphatic heterocycles. The highest BCUT2D eigenvalue weighted by molar-refractivity contribution is 7.07. The fourth-order valence-corrected chi connectivity index (χ4v) is 6.52. The summed E-state index contributed by atoms with van der Waals surface area (Å²) < 4.78 is 41.2. The van der Waals surface area contributed by atoms with Gasteiger partial charge in [-0.05, 0) is 79.9 Å². The van der Waals surface area contributed by atoms with Crippen molar-refractivity contribution in [3.8, 4) is 34.5 Å². The molecule has 0 bridgehead atoms. The van der Waals surface area contributed by atoms with E-state index in [2.05, 4.69) is 4.99 Å². The lowest BCUT2D eigenvalue weighted by Gasteiger charge is -2.25. The summed E-state index contributed by atoms with van der Waals surface area (Å²) in [6.07, 6.45) is 1.77. The molecule has 0 saturated carbocycles. The number of rotatable bonds is 11. The van der Waals surface area contributed by atoms with Crippen LogP contribution < -0.4 is 43.3 Å². The molecule has 1 aromatic heterocycles. The molecule has 3 heterocycles. The van der Waals surface area contributed by atoms with Gasteiger partial charge < -0.3 is 33.2 Å². The molecular formula is C35H34N2O9S. The van der Waals surface area contributed by atoms with Crippen LogP contribution >= 0.6 is 11.3 Å². The van der Waals surface area contributed by atoms with Crippen LogP contribution in [0.25, 0.3) is 6.08 Å². The third-order valence-corrected chi connectivity index (χ3v) is 8.62. The van der Waals surface area contributed by atoms with E-state index in [4.69, 9.17) is 33.2 Å². The molecule has 6 rings (SSSR count). The van der Waals surface area contributed by atoms with E-state index < -0.39 is 12.0 Å². The van der Waals surface area contributed by atoms with Gasteiger partial charge in [-0.25, -0.2) is 9.79 Å². The molecule has 3 aromatic carbocycles. The van der Waals surface area contributed by atoms with Crippen LogP contribution in [-0.4, -0.2) is 44.8 Å². The first-order valence-corrected chi connectivity index (χ1v) is 15.9. The molecule has 0 fully saturated rings. The highest BCUT2D eigenvalue weighted by Crippen LogP contribution is 2.37. The van der Waals surface area contributed by atoms with Crippen molar-refractivity contribution >= 4 is 23.4 Å². The SMILES string of the molecule is CCOC(=O)C1=C(C)N=c2s/c(=C\c3ccc(OCc4ccc5c(c4)OCO5)c(OC)c3)c(=O)n2[C@H]1c1ccc(OC)c(OCC)c1. The number of fused-ring (bicyclic) bond motifs is 2. The summed E-state index contributed by atoms with van der Waals surface area (Å²) in [5, 5.41) is 0. The molecular weight excluding hydrogens is 624 g/mol. The maximum Gasteiger partial charge on any atom is 0.338 e. The van der Waals surface area contributed by atoms with Crippen molar-refractivity contribution in [1.82, 2.24) is 4.57 Å². The van der Waals surface area contributed by atoms with Gasteiger partial charge in [0.15, 0.2) is 39.3 Å². The van der Waals surface area contributed by atoms with Crippen LogP contribution in [-0.2, 0) is 16.1 Å². The maximum absolute atomic E-state index is 14.1. The molecule has 11 nitrogen and oxygen atoms in total. The third kappa shape index (κ3) is 6.28. The van der Waals surface area contributed by atoms with E-state index in [1.807, 2.05) is 37.3 Å². The zero-order valence-electron chi connectivity index (χ0n) is 26.7. The Morgan fingerprint density at radius 2 is 1.72 bits per heavy atom. The van der Waals surface area contributed by atoms with Gasteiger partial charge in [0.05, 0.1) is 49.3 Å². The molecule has 1 atom stereocenters. The fraction of sp³-hybridized carbons (Fsp3) is 0.286. The van der Waals surface area contributed by atoms with Crippen molar-refractivity contribution in [2.24, 2.45) is 4.99 Å². The molecule has 0 saturated heterocycles. The Morgan fingerprint density at radius 1 is 0.936 bits per heavy atom. The first kappa shape index (κ1) is 31.7. The predicted octanol–water partition coefficient (Wildman–Crippen LogP) is 4.52. The van der Waals surface area contributed by atoms with E-state index in [0.717, 1.165) is 11.1 Å². The molecule has 244 valence electrons. The summed E-state index contributed by atoms with van der Waals surface area (Å²) >= 11 is 1.23. The number of nitrogens with zero attached hydrogens (tertiary/aromatic N) is 2. The lowest BCUT2D eigenvalue weighted by molar-refractivity contribution is -0.139. The Bertz CT molecular complexity index is 2050. The zero-order chi connectivity index (χ0) is 33.1. The molecule has 0 N–H and O–H groups in total. The van der Waals surface area contributed by atoms with Crippen LogP contribution in [0.1, 0.15) is 43.5 Å². The van der Waals surface area contributed by atoms with Gasteiger partial charge in [0.1, 0.15) is 6.61 Å². The molecule has 12 heteroatoms. The van der Waals surface area contributed by atoms with Gasteiger partial charge in [-0.3, -0.25) is 9.36 Å². The van der Waals surface area contributed by atoms with Crippen molar-refractivity contribution < 1.29 is 38.0 Å². The number of benzene rings is 3. The highest BCUT2D eigenvalue weighted by Gasteiger charge is 2.34. The average molecular weight is 659 g/mol. The van der Waals surface area contributed by atoms with Crippen molar-refractivity contribution in [2.75, 3.05) is 34.2 Å². The van der Waals surface area contributed by atoms with E-state index in [0.29, 0.717) is 68.3 Å². The number of hydrogen-bond acceptors (Lipinski definition) is 11. The Kier molecular flexibility index (Phi) is 9.21. The van der Waals surface area contributed by atoms with E-state index in [1.54, 1.807) is 58.4 Å². The number of hydrogen-bond donors (Lipinski definition) is 0. The van der Waals surface area contributed by atoms with E-state index >= 15 is 0 Å². The minimum Gasteiger partial charge on any atom is -0.493 e. The second kappa shape index (κ2) is 13.6. The van der Waals surface area contributed by atoms with Gasteiger partial charge in [0.25, 0.3) is 5.56 Å². The van der Waals surface area contributed by atoms with Crippen LogP contribution in [0.15, 0.2) is 75.7 Å². The lowest BCUT2D eigenvalue weighted by atomic mass is 9.95. The molecule has 2 aliphatic rings. The van der Waals surface area contributed by atoms with Crippen molar-refractivity contribution in [2.45, 2.75) is 33.4 Å². The first-order chi connectivity index (χ1) is 22.8. The Morgan fingerprint density at radius 3 is 2.49 bits per heavy atom. The average Bonchev–Trinajstić information content (AvgIpc) is 3.66. The molecule has 0 radical (unpaired) electrons. The Balaban J connectivity index is 1.37. The van der Waals surface area contributed by atoms with Gasteiger partial charge in [-0.1, -0.05) is 29.5 Å². The van der Waals surface area contributed by atoms with Gasteiger partial charge >= 0.3 is 5.97 Å². The summed E-state index contributed by atoms with van der Waals surface area (Å²) in [4.78, 5) is 32.5.